The molecule has 0 bridgehead atoms. The second-order valence-electron chi connectivity index (χ2n) is 6.36. The molecule has 3 aromatic rings. The lowest BCUT2D eigenvalue weighted by Crippen LogP contribution is -2.23. The Bertz CT molecular complexity index is 981. The van der Waals surface area contributed by atoms with Gasteiger partial charge in [0, 0.05) is 20.5 Å². The van der Waals surface area contributed by atoms with E-state index in [1.165, 1.54) is 0 Å². The van der Waals surface area contributed by atoms with Crippen molar-refractivity contribution < 1.29 is 9.72 Å². The summed E-state index contributed by atoms with van der Waals surface area (Å²) in [5, 5.41) is 12.1. The molecule has 2 heterocycles. The number of carbonyl (C=O) groups excluding carboxylic acids is 1. The normalized spacial score (nSPS) is 19.3. The first-order chi connectivity index (χ1) is 12.0. The minimum Gasteiger partial charge on any atom is -0.283 e. The standard InChI is InChI=1S/C19H15BrN2O3/c20-14-6-7-17-13(9-14)10-18-16(11-21(24)25)15(19(23)22(17)18)8-12-4-2-1-3-5-12/h1-7,9-10,15-16H,8,11H2/t15-,16-/m1/s1. The van der Waals surface area contributed by atoms with Crippen molar-refractivity contribution in [3.05, 3.63) is 80.4 Å². The molecule has 1 aliphatic heterocycles. The smallest absolute Gasteiger partial charge is 0.235 e. The van der Waals surface area contributed by atoms with Crippen LogP contribution in [-0.2, 0) is 6.42 Å². The second kappa shape index (κ2) is 6.11. The third-order valence-electron chi connectivity index (χ3n) is 4.84. The van der Waals surface area contributed by atoms with E-state index in [-0.39, 0.29) is 17.4 Å². The van der Waals surface area contributed by atoms with Crippen LogP contribution in [0.15, 0.2) is 59.1 Å². The lowest BCUT2D eigenvalue weighted by Gasteiger charge is -2.14. The molecule has 0 aliphatic carbocycles. The summed E-state index contributed by atoms with van der Waals surface area (Å²) in [4.78, 5) is 24.0. The molecule has 4 rings (SSSR count). The van der Waals surface area contributed by atoms with E-state index in [1.54, 1.807) is 4.57 Å². The lowest BCUT2D eigenvalue weighted by atomic mass is 9.86. The number of nitrogens with zero attached hydrogens (tertiary/aromatic N) is 2. The first-order valence-electron chi connectivity index (χ1n) is 8.05. The van der Waals surface area contributed by atoms with Crippen molar-refractivity contribution in [3.8, 4) is 0 Å². The van der Waals surface area contributed by atoms with Crippen molar-refractivity contribution in [3.63, 3.8) is 0 Å². The molecule has 0 radical (unpaired) electrons. The molecule has 1 aliphatic rings. The number of aromatic nitrogens is 1. The molecule has 0 fully saturated rings. The molecule has 1 aromatic heterocycles. The van der Waals surface area contributed by atoms with Crippen molar-refractivity contribution in [2.75, 3.05) is 6.54 Å². The van der Waals surface area contributed by atoms with Crippen LogP contribution < -0.4 is 0 Å². The van der Waals surface area contributed by atoms with Crippen LogP contribution in [0.4, 0.5) is 0 Å². The van der Waals surface area contributed by atoms with Gasteiger partial charge in [0.15, 0.2) is 0 Å². The first-order valence-corrected chi connectivity index (χ1v) is 8.85. The molecule has 0 saturated heterocycles. The monoisotopic (exact) mass is 398 g/mol. The minimum atomic E-state index is -0.408. The number of hydrogen-bond acceptors (Lipinski definition) is 3. The maximum Gasteiger partial charge on any atom is 0.235 e. The van der Waals surface area contributed by atoms with E-state index < -0.39 is 11.8 Å². The van der Waals surface area contributed by atoms with Crippen molar-refractivity contribution in [1.29, 1.82) is 0 Å². The quantitative estimate of drug-likeness (QED) is 0.486. The zero-order chi connectivity index (χ0) is 17.6. The molecule has 2 atom stereocenters. The highest BCUT2D eigenvalue weighted by atomic mass is 79.9. The van der Waals surface area contributed by atoms with Crippen molar-refractivity contribution in [1.82, 2.24) is 4.57 Å². The van der Waals surface area contributed by atoms with Gasteiger partial charge in [-0.25, -0.2) is 0 Å². The van der Waals surface area contributed by atoms with E-state index in [9.17, 15) is 14.9 Å². The van der Waals surface area contributed by atoms with Gasteiger partial charge < -0.3 is 0 Å². The van der Waals surface area contributed by atoms with E-state index in [4.69, 9.17) is 0 Å². The Morgan fingerprint density at radius 2 is 1.84 bits per heavy atom. The highest BCUT2D eigenvalue weighted by Gasteiger charge is 2.43. The fraction of sp³-hybridized carbons (Fsp3) is 0.211. The minimum absolute atomic E-state index is 0.0528. The van der Waals surface area contributed by atoms with E-state index in [0.29, 0.717) is 6.42 Å². The average molecular weight is 399 g/mol. The van der Waals surface area contributed by atoms with Gasteiger partial charge in [-0.2, -0.15) is 0 Å². The molecule has 0 saturated carbocycles. The Morgan fingerprint density at radius 1 is 1.08 bits per heavy atom. The van der Waals surface area contributed by atoms with Crippen LogP contribution in [0.5, 0.6) is 0 Å². The zero-order valence-corrected chi connectivity index (χ0v) is 14.8. The Labute approximate surface area is 152 Å². The predicted octanol–water partition coefficient (Wildman–Crippen LogP) is 4.28. The number of rotatable bonds is 4. The predicted molar refractivity (Wildman–Crippen MR) is 98.5 cm³/mol. The Morgan fingerprint density at radius 3 is 2.56 bits per heavy atom. The Hall–Kier alpha value is -2.47. The van der Waals surface area contributed by atoms with Gasteiger partial charge in [0.25, 0.3) is 0 Å². The van der Waals surface area contributed by atoms with E-state index in [0.717, 1.165) is 26.6 Å². The number of fused-ring (bicyclic) bond motifs is 3. The van der Waals surface area contributed by atoms with Crippen molar-refractivity contribution in [2.45, 2.75) is 12.3 Å². The van der Waals surface area contributed by atoms with E-state index in [1.807, 2.05) is 54.6 Å². The number of carbonyl (C=O) groups is 1. The summed E-state index contributed by atoms with van der Waals surface area (Å²) in [5.41, 5.74) is 2.58. The highest BCUT2D eigenvalue weighted by molar-refractivity contribution is 9.10. The number of nitro groups is 1. The molecule has 126 valence electrons. The van der Waals surface area contributed by atoms with Crippen LogP contribution in [0.25, 0.3) is 10.9 Å². The van der Waals surface area contributed by atoms with Crippen molar-refractivity contribution >= 4 is 32.7 Å². The number of halogens is 1. The van der Waals surface area contributed by atoms with E-state index in [2.05, 4.69) is 15.9 Å². The molecular formula is C19H15BrN2O3. The van der Waals surface area contributed by atoms with Crippen LogP contribution in [0.1, 0.15) is 22.0 Å². The van der Waals surface area contributed by atoms with Gasteiger partial charge >= 0.3 is 0 Å². The lowest BCUT2D eigenvalue weighted by molar-refractivity contribution is -0.484. The third-order valence-corrected chi connectivity index (χ3v) is 5.33. The highest BCUT2D eigenvalue weighted by Crippen LogP contribution is 2.40. The summed E-state index contributed by atoms with van der Waals surface area (Å²) in [6.07, 6.45) is 0.512. The van der Waals surface area contributed by atoms with Gasteiger partial charge in [0.2, 0.25) is 12.5 Å². The van der Waals surface area contributed by atoms with Crippen LogP contribution >= 0.6 is 15.9 Å². The summed E-state index contributed by atoms with van der Waals surface area (Å²) >= 11 is 3.43. The van der Waals surface area contributed by atoms with Crippen LogP contribution in [0.3, 0.4) is 0 Å². The van der Waals surface area contributed by atoms with E-state index >= 15 is 0 Å². The van der Waals surface area contributed by atoms with Crippen LogP contribution in [0, 0.1) is 16.0 Å². The zero-order valence-electron chi connectivity index (χ0n) is 13.3. The fourth-order valence-corrected chi connectivity index (χ4v) is 4.13. The molecular weight excluding hydrogens is 384 g/mol. The maximum absolute atomic E-state index is 13.1. The largest absolute Gasteiger partial charge is 0.283 e. The SMILES string of the molecule is O=C1[C@H](Cc2ccccc2)[C@@H](C[N+](=O)[O-])c2cc3cc(Br)ccc3n21. The maximum atomic E-state index is 13.1. The molecule has 6 heteroatoms. The molecule has 0 spiro atoms. The Kier molecular flexibility index (Phi) is 3.92. The molecule has 0 amide bonds. The summed E-state index contributed by atoms with van der Waals surface area (Å²) in [6, 6.07) is 17.3. The van der Waals surface area contributed by atoms with Gasteiger partial charge in [-0.15, -0.1) is 0 Å². The van der Waals surface area contributed by atoms with Gasteiger partial charge in [0.05, 0.1) is 17.4 Å². The molecule has 25 heavy (non-hydrogen) atoms. The van der Waals surface area contributed by atoms with Crippen LogP contribution in [-0.4, -0.2) is 21.9 Å². The summed E-state index contributed by atoms with van der Waals surface area (Å²) in [7, 11) is 0. The number of hydrogen-bond donors (Lipinski definition) is 0. The summed E-state index contributed by atoms with van der Waals surface area (Å²) in [6.45, 7) is -0.235. The number of benzene rings is 2. The summed E-state index contributed by atoms with van der Waals surface area (Å²) in [5.74, 6) is -0.868. The van der Waals surface area contributed by atoms with Gasteiger partial charge in [0.1, 0.15) is 0 Å². The third kappa shape index (κ3) is 2.76. The second-order valence-corrected chi connectivity index (χ2v) is 7.28. The first kappa shape index (κ1) is 16.0. The fourth-order valence-electron chi connectivity index (χ4n) is 3.75. The Balaban J connectivity index is 1.80. The van der Waals surface area contributed by atoms with Crippen LogP contribution in [0.2, 0.25) is 0 Å². The topological polar surface area (TPSA) is 65.1 Å². The van der Waals surface area contributed by atoms with Gasteiger partial charge in [-0.3, -0.25) is 19.5 Å². The molecule has 2 aromatic carbocycles. The molecule has 5 nitrogen and oxygen atoms in total. The van der Waals surface area contributed by atoms with Crippen molar-refractivity contribution in [2.24, 2.45) is 5.92 Å². The summed E-state index contributed by atoms with van der Waals surface area (Å²) < 4.78 is 2.59. The average Bonchev–Trinajstić information content (AvgIpc) is 3.06. The molecule has 0 N–H and O–H groups in total. The van der Waals surface area contributed by atoms with Gasteiger partial charge in [-0.05, 0) is 36.2 Å². The van der Waals surface area contributed by atoms with Gasteiger partial charge in [-0.1, -0.05) is 46.3 Å². The molecule has 0 unspecified atom stereocenters.